The van der Waals surface area contributed by atoms with Crippen molar-refractivity contribution in [3.63, 3.8) is 0 Å². The molecule has 0 aliphatic carbocycles. The Morgan fingerprint density at radius 1 is 1.33 bits per heavy atom. The van der Waals surface area contributed by atoms with Gasteiger partial charge in [0.15, 0.2) is 0 Å². The van der Waals surface area contributed by atoms with Crippen LogP contribution in [0.4, 0.5) is 10.1 Å². The summed E-state index contributed by atoms with van der Waals surface area (Å²) in [5, 5.41) is 3.45. The molecule has 1 aromatic carbocycles. The van der Waals surface area contributed by atoms with Crippen LogP contribution in [-0.4, -0.2) is 19.3 Å². The van der Waals surface area contributed by atoms with Crippen molar-refractivity contribution < 1.29 is 9.13 Å². The second-order valence-corrected chi connectivity index (χ2v) is 6.97. The van der Waals surface area contributed by atoms with Gasteiger partial charge in [-0.05, 0) is 69.0 Å². The van der Waals surface area contributed by atoms with Crippen LogP contribution in [0.15, 0.2) is 21.6 Å². The van der Waals surface area contributed by atoms with Gasteiger partial charge < -0.3 is 10.1 Å². The summed E-state index contributed by atoms with van der Waals surface area (Å²) in [6.07, 6.45) is 3.80. The van der Waals surface area contributed by atoms with E-state index in [4.69, 9.17) is 4.74 Å². The number of hydrogen-bond donors (Lipinski definition) is 1. The number of anilines is 1. The summed E-state index contributed by atoms with van der Waals surface area (Å²) in [6.45, 7) is 1.57. The highest BCUT2D eigenvalue weighted by molar-refractivity contribution is 9.28. The minimum absolute atomic E-state index is 0.236. The van der Waals surface area contributed by atoms with Crippen molar-refractivity contribution in [2.75, 3.05) is 18.5 Å². The normalized spacial score (nSPS) is 16.4. The molecule has 0 amide bonds. The molecule has 2 rings (SSSR count). The summed E-state index contributed by atoms with van der Waals surface area (Å²) in [7, 11) is 0. The number of rotatable bonds is 3. The van der Waals surface area contributed by atoms with E-state index in [1.54, 1.807) is 6.07 Å². The summed E-state index contributed by atoms with van der Waals surface area (Å²) < 4.78 is 19.4. The summed E-state index contributed by atoms with van der Waals surface area (Å²) in [6, 6.07) is 5.16. The zero-order valence-electron chi connectivity index (χ0n) is 9.76. The lowest BCUT2D eigenvalue weighted by atomic mass is 10.1. The van der Waals surface area contributed by atoms with Crippen molar-refractivity contribution in [3.05, 3.63) is 33.0 Å². The fourth-order valence-electron chi connectivity index (χ4n) is 1.96. The molecule has 1 N–H and O–H groups in total. The molecule has 1 aromatic rings. The molecule has 18 heavy (non-hydrogen) atoms. The van der Waals surface area contributed by atoms with Crippen LogP contribution < -0.4 is 5.32 Å². The fourth-order valence-corrected chi connectivity index (χ4v) is 2.46. The lowest BCUT2D eigenvalue weighted by Gasteiger charge is -2.25. The first kappa shape index (κ1) is 14.0. The molecule has 1 aliphatic rings. The van der Waals surface area contributed by atoms with E-state index in [9.17, 15) is 4.39 Å². The van der Waals surface area contributed by atoms with E-state index < -0.39 is 0 Å². The molecule has 1 fully saturated rings. The third-order valence-electron chi connectivity index (χ3n) is 2.86. The van der Waals surface area contributed by atoms with Gasteiger partial charge in [-0.15, -0.1) is 0 Å². The van der Waals surface area contributed by atoms with E-state index in [1.807, 2.05) is 6.08 Å². The monoisotopic (exact) mass is 377 g/mol. The Labute approximate surface area is 123 Å². The van der Waals surface area contributed by atoms with Crippen molar-refractivity contribution in [1.82, 2.24) is 0 Å². The Balaban J connectivity index is 2.17. The van der Waals surface area contributed by atoms with Crippen LogP contribution in [0.1, 0.15) is 18.4 Å². The van der Waals surface area contributed by atoms with Crippen LogP contribution >= 0.6 is 31.9 Å². The van der Waals surface area contributed by atoms with Gasteiger partial charge in [-0.25, -0.2) is 4.39 Å². The molecular weight excluding hydrogens is 365 g/mol. The average molecular weight is 379 g/mol. The minimum atomic E-state index is -0.236. The van der Waals surface area contributed by atoms with Gasteiger partial charge >= 0.3 is 0 Å². The van der Waals surface area contributed by atoms with Gasteiger partial charge in [0.25, 0.3) is 0 Å². The Hall–Kier alpha value is -0.390. The number of nitrogens with one attached hydrogen (secondary N) is 1. The number of benzene rings is 1. The molecule has 1 aliphatic heterocycles. The molecular formula is C13H14Br2FNO. The van der Waals surface area contributed by atoms with Crippen LogP contribution in [0.25, 0.3) is 6.08 Å². The van der Waals surface area contributed by atoms with E-state index in [1.165, 1.54) is 12.1 Å². The Bertz CT molecular complexity index is 441. The number of halogens is 3. The molecule has 2 nitrogen and oxygen atoms in total. The highest BCUT2D eigenvalue weighted by Crippen LogP contribution is 2.26. The third kappa shape index (κ3) is 4.07. The summed E-state index contributed by atoms with van der Waals surface area (Å²) >= 11 is 6.61. The van der Waals surface area contributed by atoms with E-state index >= 15 is 0 Å². The first-order valence-corrected chi connectivity index (χ1v) is 7.40. The van der Waals surface area contributed by atoms with Gasteiger partial charge in [-0.1, -0.05) is 0 Å². The first-order valence-electron chi connectivity index (χ1n) is 5.81. The van der Waals surface area contributed by atoms with Crippen molar-refractivity contribution in [2.45, 2.75) is 18.9 Å². The predicted molar refractivity (Wildman–Crippen MR) is 79.7 cm³/mol. The van der Waals surface area contributed by atoms with Gasteiger partial charge in [0.05, 0.1) is 3.39 Å². The first-order chi connectivity index (χ1) is 8.65. The van der Waals surface area contributed by atoms with Gasteiger partial charge in [0.2, 0.25) is 0 Å². The van der Waals surface area contributed by atoms with Gasteiger partial charge in [-0.2, -0.15) is 0 Å². The summed E-state index contributed by atoms with van der Waals surface area (Å²) in [5.74, 6) is -0.236. The predicted octanol–water partition coefficient (Wildman–Crippen LogP) is 4.50. The van der Waals surface area contributed by atoms with Crippen LogP contribution in [0.5, 0.6) is 0 Å². The van der Waals surface area contributed by atoms with Crippen LogP contribution in [-0.2, 0) is 4.74 Å². The lowest BCUT2D eigenvalue weighted by molar-refractivity contribution is 0.0904. The van der Waals surface area contributed by atoms with Crippen molar-refractivity contribution in [1.29, 1.82) is 0 Å². The molecule has 0 atom stereocenters. The second kappa shape index (κ2) is 6.68. The number of ether oxygens (including phenoxy) is 1. The average Bonchev–Trinajstić information content (AvgIpc) is 2.33. The maximum absolute atomic E-state index is 13.3. The van der Waals surface area contributed by atoms with Crippen molar-refractivity contribution >= 4 is 43.6 Å². The van der Waals surface area contributed by atoms with Crippen LogP contribution in [0.3, 0.4) is 0 Å². The highest BCUT2D eigenvalue weighted by Gasteiger charge is 2.14. The highest BCUT2D eigenvalue weighted by atomic mass is 79.9. The Morgan fingerprint density at radius 2 is 2.06 bits per heavy atom. The van der Waals surface area contributed by atoms with E-state index in [0.29, 0.717) is 6.04 Å². The molecule has 0 saturated carbocycles. The molecule has 0 bridgehead atoms. The lowest BCUT2D eigenvalue weighted by Crippen LogP contribution is -2.28. The molecule has 0 unspecified atom stereocenters. The van der Waals surface area contributed by atoms with Crippen molar-refractivity contribution in [2.24, 2.45) is 0 Å². The number of hydrogen-bond acceptors (Lipinski definition) is 2. The van der Waals surface area contributed by atoms with E-state index in [-0.39, 0.29) is 5.82 Å². The van der Waals surface area contributed by atoms with Crippen LogP contribution in [0, 0.1) is 5.82 Å². The Kier molecular flexibility index (Phi) is 5.21. The fraction of sp³-hybridized carbons (Fsp3) is 0.385. The quantitative estimate of drug-likeness (QED) is 0.835. The van der Waals surface area contributed by atoms with Gasteiger partial charge in [-0.3, -0.25) is 0 Å². The van der Waals surface area contributed by atoms with Crippen LogP contribution in [0.2, 0.25) is 0 Å². The molecule has 0 aromatic heterocycles. The largest absolute Gasteiger partial charge is 0.382 e. The molecule has 0 radical (unpaired) electrons. The zero-order chi connectivity index (χ0) is 13.0. The molecule has 5 heteroatoms. The Morgan fingerprint density at radius 3 is 2.72 bits per heavy atom. The third-order valence-corrected chi connectivity index (χ3v) is 3.32. The summed E-state index contributed by atoms with van der Waals surface area (Å²) in [5.41, 5.74) is 1.77. The molecule has 1 saturated heterocycles. The smallest absolute Gasteiger partial charge is 0.123 e. The minimum Gasteiger partial charge on any atom is -0.382 e. The zero-order valence-corrected chi connectivity index (χ0v) is 12.9. The van der Waals surface area contributed by atoms with Gasteiger partial charge in [0.1, 0.15) is 5.82 Å². The standard InChI is InChI=1S/C13H14Br2FNO/c14-13(15)8-9-7-10(16)1-2-12(9)17-11-3-5-18-6-4-11/h1-2,7-8,11,17H,3-6H2. The maximum atomic E-state index is 13.3. The summed E-state index contributed by atoms with van der Waals surface area (Å²) in [4.78, 5) is 0. The molecule has 0 spiro atoms. The maximum Gasteiger partial charge on any atom is 0.123 e. The molecule has 98 valence electrons. The SMILES string of the molecule is Fc1ccc(NC2CCOCC2)c(C=C(Br)Br)c1. The second-order valence-electron chi connectivity index (χ2n) is 4.20. The van der Waals surface area contributed by atoms with E-state index in [2.05, 4.69) is 37.2 Å². The topological polar surface area (TPSA) is 21.3 Å². The van der Waals surface area contributed by atoms with Crippen molar-refractivity contribution in [3.8, 4) is 0 Å². The van der Waals surface area contributed by atoms with Gasteiger partial charge in [0, 0.05) is 30.5 Å². The molecule has 1 heterocycles. The van der Waals surface area contributed by atoms with E-state index in [0.717, 1.165) is 40.7 Å².